The maximum Gasteiger partial charge on any atom is 0.490 e. The number of alkyl halides is 3. The zero-order valence-corrected chi connectivity index (χ0v) is 42.8. The third-order valence-corrected chi connectivity index (χ3v) is 11.7. The van der Waals surface area contributed by atoms with Crippen LogP contribution in [0.1, 0.15) is 76.2 Å². The van der Waals surface area contributed by atoms with Crippen molar-refractivity contribution in [1.29, 1.82) is 0 Å². The van der Waals surface area contributed by atoms with Crippen LogP contribution in [-0.4, -0.2) is 129 Å². The molecule has 4 atom stereocenters. The first-order valence-electron chi connectivity index (χ1n) is 24.0. The lowest BCUT2D eigenvalue weighted by Crippen LogP contribution is -2.55. The van der Waals surface area contributed by atoms with Crippen molar-refractivity contribution >= 4 is 64.7 Å². The summed E-state index contributed by atoms with van der Waals surface area (Å²) < 4.78 is 62.4. The van der Waals surface area contributed by atoms with E-state index in [0.29, 0.717) is 17.7 Å². The quantitative estimate of drug-likeness (QED) is 0.0301. The van der Waals surface area contributed by atoms with Gasteiger partial charge in [-0.2, -0.15) is 18.3 Å². The molecule has 11 N–H and O–H groups in total. The molecule has 78 heavy (non-hydrogen) atoms. The second-order valence-corrected chi connectivity index (χ2v) is 18.7. The number of aromatic nitrogens is 2. The smallest absolute Gasteiger partial charge is 0.475 e. The highest BCUT2D eigenvalue weighted by molar-refractivity contribution is 6.28. The maximum atomic E-state index is 15.1. The number of aliphatic hydroxyl groups is 1. The third-order valence-electron chi connectivity index (χ3n) is 11.7. The van der Waals surface area contributed by atoms with Gasteiger partial charge in [0.2, 0.25) is 29.5 Å². The highest BCUT2D eigenvalue weighted by atomic mass is 19.4. The molecular weight excluding hydrogens is 1040 g/mol. The van der Waals surface area contributed by atoms with Crippen LogP contribution in [-0.2, 0) is 44.8 Å². The predicted octanol–water partition coefficient (Wildman–Crippen LogP) is 2.78. The Balaban J connectivity index is 0.00000175. The molecule has 22 nitrogen and oxygen atoms in total. The molecule has 4 aromatic rings. The fourth-order valence-electron chi connectivity index (χ4n) is 8.11. The summed E-state index contributed by atoms with van der Waals surface area (Å²) in [6, 6.07) is 12.4. The Bertz CT molecular complexity index is 2840. The molecule has 0 bridgehead atoms. The van der Waals surface area contributed by atoms with E-state index in [0.717, 1.165) is 45.7 Å². The normalized spacial score (nSPS) is 13.8. The van der Waals surface area contributed by atoms with E-state index in [-0.39, 0.29) is 62.4 Å². The molecular formula is C51H60F5N11O11. The first kappa shape index (κ1) is 62.0. The molecule has 0 saturated carbocycles. The van der Waals surface area contributed by atoms with Crippen LogP contribution in [0.15, 0.2) is 91.1 Å². The number of hydrogen-bond acceptors (Lipinski definition) is 12. The highest BCUT2D eigenvalue weighted by Gasteiger charge is 2.40. The zero-order chi connectivity index (χ0) is 58.2. The number of amides is 9. The monoisotopic (exact) mass is 1100 g/mol. The van der Waals surface area contributed by atoms with E-state index in [1.807, 2.05) is 51.1 Å². The van der Waals surface area contributed by atoms with Crippen molar-refractivity contribution in [3.8, 4) is 5.69 Å². The number of rotatable bonds is 23. The average molecular weight is 1100 g/mol. The molecule has 9 amide bonds. The van der Waals surface area contributed by atoms with Crippen LogP contribution in [0, 0.1) is 17.0 Å². The molecule has 420 valence electrons. The van der Waals surface area contributed by atoms with E-state index < -0.39 is 107 Å². The van der Waals surface area contributed by atoms with E-state index >= 15 is 4.39 Å². The minimum atomic E-state index is -5.08. The summed E-state index contributed by atoms with van der Waals surface area (Å²) in [4.78, 5) is 115. The van der Waals surface area contributed by atoms with Crippen molar-refractivity contribution < 1.29 is 75.3 Å². The van der Waals surface area contributed by atoms with Gasteiger partial charge in [-0.05, 0) is 73.6 Å². The van der Waals surface area contributed by atoms with E-state index in [1.54, 1.807) is 6.20 Å². The molecule has 1 aliphatic rings. The molecule has 0 radical (unpaired) electrons. The van der Waals surface area contributed by atoms with Gasteiger partial charge in [-0.15, -0.1) is 0 Å². The van der Waals surface area contributed by atoms with Crippen molar-refractivity contribution in [2.24, 2.45) is 22.6 Å². The van der Waals surface area contributed by atoms with Gasteiger partial charge in [0.25, 0.3) is 11.8 Å². The van der Waals surface area contributed by atoms with Gasteiger partial charge in [-0.25, -0.2) is 28.0 Å². The second-order valence-electron chi connectivity index (χ2n) is 18.7. The molecule has 0 aliphatic carbocycles. The first-order chi connectivity index (χ1) is 36.5. The lowest BCUT2D eigenvalue weighted by atomic mass is 9.81. The number of carbonyl (C=O) groups excluding carboxylic acids is 8. The summed E-state index contributed by atoms with van der Waals surface area (Å²) in [6.45, 7) is 5.66. The largest absolute Gasteiger partial charge is 0.490 e. The Labute approximate surface area is 443 Å². The van der Waals surface area contributed by atoms with Gasteiger partial charge in [-0.3, -0.25) is 38.5 Å². The SMILES string of the molecule is C[C@H](NC(=O)CCNC(=O)[C@@H](N)CCN(C(=O)CO)[C@@H](c1nn(-c2cc(F)ccc2F)cc1Cc1ccccc1)C(C)(C)C)C(=O)N(c1ccc(N2C(=O)C=CC2=O)cc1)[C@@H](CCCNC(N)=O)C(N)=O.O=C(O)C(F)(F)F. The lowest BCUT2D eigenvalue weighted by Gasteiger charge is -2.40. The van der Waals surface area contributed by atoms with Crippen LogP contribution in [0.2, 0.25) is 0 Å². The summed E-state index contributed by atoms with van der Waals surface area (Å²) in [7, 11) is 0. The Kier molecular flexibility index (Phi) is 21.8. The Morgan fingerprint density at radius 2 is 1.46 bits per heavy atom. The number of benzene rings is 3. The van der Waals surface area contributed by atoms with Crippen LogP contribution in [0.3, 0.4) is 0 Å². The van der Waals surface area contributed by atoms with Gasteiger partial charge in [-0.1, -0.05) is 51.1 Å². The maximum absolute atomic E-state index is 15.1. The Morgan fingerprint density at radius 1 is 0.846 bits per heavy atom. The number of nitrogens with two attached hydrogens (primary N) is 3. The molecule has 0 fully saturated rings. The van der Waals surface area contributed by atoms with Crippen molar-refractivity contribution in [2.45, 2.75) is 90.1 Å². The van der Waals surface area contributed by atoms with Crippen LogP contribution in [0.25, 0.3) is 5.69 Å². The summed E-state index contributed by atoms with van der Waals surface area (Å²) >= 11 is 0. The Morgan fingerprint density at radius 3 is 2.01 bits per heavy atom. The summed E-state index contributed by atoms with van der Waals surface area (Å²) in [6.07, 6.45) is -1.33. The number of anilines is 2. The molecule has 2 heterocycles. The fraction of sp³-hybridized carbons (Fsp3) is 0.373. The minimum Gasteiger partial charge on any atom is -0.475 e. The highest BCUT2D eigenvalue weighted by Crippen LogP contribution is 2.40. The predicted molar refractivity (Wildman–Crippen MR) is 271 cm³/mol. The zero-order valence-electron chi connectivity index (χ0n) is 42.8. The summed E-state index contributed by atoms with van der Waals surface area (Å²) in [5.41, 5.74) is 18.4. The van der Waals surface area contributed by atoms with Gasteiger partial charge in [0, 0.05) is 68.1 Å². The number of urea groups is 1. The van der Waals surface area contributed by atoms with Crippen molar-refractivity contribution in [1.82, 2.24) is 30.6 Å². The van der Waals surface area contributed by atoms with Crippen LogP contribution >= 0.6 is 0 Å². The van der Waals surface area contributed by atoms with Gasteiger partial charge in [0.15, 0.2) is 0 Å². The molecule has 3 aromatic carbocycles. The number of aliphatic carboxylic acids is 1. The van der Waals surface area contributed by atoms with Crippen molar-refractivity contribution in [3.63, 3.8) is 0 Å². The number of primary amides is 2. The molecule has 0 saturated heterocycles. The number of carbonyl (C=O) groups is 9. The molecule has 1 aromatic heterocycles. The second kappa shape index (κ2) is 27.5. The van der Waals surface area contributed by atoms with Crippen molar-refractivity contribution in [2.75, 3.05) is 36.0 Å². The third kappa shape index (κ3) is 17.2. The fourth-order valence-corrected chi connectivity index (χ4v) is 8.11. The number of carboxylic acid groups (broad SMARTS) is 1. The minimum absolute atomic E-state index is 0.0383. The summed E-state index contributed by atoms with van der Waals surface area (Å²) in [5, 5.41) is 29.6. The van der Waals surface area contributed by atoms with Gasteiger partial charge in [0.05, 0.1) is 23.5 Å². The molecule has 0 spiro atoms. The van der Waals surface area contributed by atoms with E-state index in [9.17, 15) is 61.0 Å². The van der Waals surface area contributed by atoms with Gasteiger partial charge in [0.1, 0.15) is 36.0 Å². The van der Waals surface area contributed by atoms with E-state index in [4.69, 9.17) is 32.2 Å². The van der Waals surface area contributed by atoms with Crippen molar-refractivity contribution in [3.05, 3.63) is 120 Å². The van der Waals surface area contributed by atoms with E-state index in [1.165, 1.54) is 40.8 Å². The number of imide groups is 1. The average Bonchev–Trinajstić information content (AvgIpc) is 3.93. The van der Waals surface area contributed by atoms with Gasteiger partial charge >= 0.3 is 18.2 Å². The van der Waals surface area contributed by atoms with E-state index in [2.05, 4.69) is 16.0 Å². The van der Waals surface area contributed by atoms with Crippen LogP contribution in [0.4, 0.5) is 38.1 Å². The van der Waals surface area contributed by atoms with Crippen LogP contribution in [0.5, 0.6) is 0 Å². The number of nitrogens with one attached hydrogen (secondary N) is 3. The standard InChI is InChI=1S/C49H59F2N11O9.C2HF3O2/c1-29(47(70)61(37(45(53)68)11-8-22-56-48(54)71)33-13-15-34(16-14-33)62-40(65)18-19-41(62)66)57-39(64)20-23-55-46(69)36(52)21-24-59(42(67)28-63)44(49(2,3)4)43-31(25-30-9-6-5-7-10-30)27-60(58-43)38-26-32(50)12-17-35(38)51;3-2(4,5)1(6)7/h5-7,9-10,12-19,26-27,29,36-37,44,63H,8,11,20-25,28,52H2,1-4H3,(H2,53,68)(H,55,69)(H,57,64)(H3,54,56,71);(H,6,7)/t29-,36-,37-,44-;/m0./s1. The number of hydrogen-bond donors (Lipinski definition) is 8. The number of nitrogens with zero attached hydrogens (tertiary/aromatic N) is 5. The Hall–Kier alpha value is -8.59. The van der Waals surface area contributed by atoms with Gasteiger partial charge < -0.3 is 48.3 Å². The summed E-state index contributed by atoms with van der Waals surface area (Å²) in [5.74, 6) is -9.08. The lowest BCUT2D eigenvalue weighted by molar-refractivity contribution is -0.192. The number of halogens is 5. The number of aliphatic hydroxyl groups excluding tert-OH is 1. The number of carboxylic acids is 1. The molecule has 27 heteroatoms. The molecule has 0 unspecified atom stereocenters. The molecule has 5 rings (SSSR count). The van der Waals surface area contributed by atoms with Crippen LogP contribution < -0.4 is 43.0 Å². The first-order valence-corrected chi connectivity index (χ1v) is 24.0. The molecule has 1 aliphatic heterocycles. The topological polar surface area (TPSA) is 336 Å².